The summed E-state index contributed by atoms with van der Waals surface area (Å²) < 4.78 is 26.9. The number of piperidine rings is 1. The van der Waals surface area contributed by atoms with E-state index in [1.807, 2.05) is 0 Å². The number of hydrogen-bond donors (Lipinski definition) is 1. The lowest BCUT2D eigenvalue weighted by atomic mass is 10.1. The van der Waals surface area contributed by atoms with E-state index in [2.05, 4.69) is 16.9 Å². The molecule has 0 saturated carbocycles. The SMILES string of the molecule is CN1CCC(N(C)S(=O)(=O)c2cccnc2CN)CC1. The van der Waals surface area contributed by atoms with E-state index in [1.54, 1.807) is 25.4 Å². The molecule has 2 rings (SSSR count). The molecule has 0 bridgehead atoms. The third-order valence-electron chi connectivity index (χ3n) is 3.90. The van der Waals surface area contributed by atoms with Crippen LogP contribution in [-0.2, 0) is 16.6 Å². The van der Waals surface area contributed by atoms with Gasteiger partial charge in [0.1, 0.15) is 4.90 Å². The summed E-state index contributed by atoms with van der Waals surface area (Å²) in [7, 11) is 0.179. The first-order valence-electron chi connectivity index (χ1n) is 6.77. The lowest BCUT2D eigenvalue weighted by molar-refractivity contribution is 0.197. The van der Waals surface area contributed by atoms with Gasteiger partial charge in [-0.15, -0.1) is 0 Å². The van der Waals surface area contributed by atoms with Gasteiger partial charge in [0.25, 0.3) is 0 Å². The van der Waals surface area contributed by atoms with Gasteiger partial charge in [-0.25, -0.2) is 8.42 Å². The first-order chi connectivity index (χ1) is 9.46. The van der Waals surface area contributed by atoms with Gasteiger partial charge in [0.15, 0.2) is 0 Å². The highest BCUT2D eigenvalue weighted by Crippen LogP contribution is 2.23. The van der Waals surface area contributed by atoms with Gasteiger partial charge in [-0.2, -0.15) is 4.31 Å². The highest BCUT2D eigenvalue weighted by atomic mass is 32.2. The maximum atomic E-state index is 12.7. The zero-order valence-electron chi connectivity index (χ0n) is 12.0. The molecule has 1 aromatic heterocycles. The van der Waals surface area contributed by atoms with Crippen LogP contribution in [0.2, 0.25) is 0 Å². The average Bonchev–Trinajstić information content (AvgIpc) is 2.47. The second-order valence-electron chi connectivity index (χ2n) is 5.21. The molecule has 0 aliphatic carbocycles. The number of nitrogens with two attached hydrogens (primary N) is 1. The molecule has 6 nitrogen and oxygen atoms in total. The molecule has 0 unspecified atom stereocenters. The maximum absolute atomic E-state index is 12.7. The first-order valence-corrected chi connectivity index (χ1v) is 8.21. The van der Waals surface area contributed by atoms with Gasteiger partial charge in [0.05, 0.1) is 5.69 Å². The highest BCUT2D eigenvalue weighted by Gasteiger charge is 2.31. The Labute approximate surface area is 120 Å². The molecule has 2 heterocycles. The van der Waals surface area contributed by atoms with Crippen molar-refractivity contribution in [2.24, 2.45) is 5.73 Å². The molecule has 0 aromatic carbocycles. The standard InChI is InChI=1S/C13H22N4O2S/c1-16-8-5-11(6-9-16)17(2)20(18,19)13-4-3-7-15-12(13)10-14/h3-4,7,11H,5-6,8-10,14H2,1-2H3. The van der Waals surface area contributed by atoms with Gasteiger partial charge < -0.3 is 10.6 Å². The van der Waals surface area contributed by atoms with Crippen molar-refractivity contribution in [3.05, 3.63) is 24.0 Å². The van der Waals surface area contributed by atoms with Crippen LogP contribution in [0.25, 0.3) is 0 Å². The van der Waals surface area contributed by atoms with Crippen LogP contribution in [0.4, 0.5) is 0 Å². The largest absolute Gasteiger partial charge is 0.325 e. The van der Waals surface area contributed by atoms with E-state index in [0.29, 0.717) is 5.69 Å². The molecule has 1 aliphatic rings. The summed E-state index contributed by atoms with van der Waals surface area (Å²) >= 11 is 0. The lowest BCUT2D eigenvalue weighted by Crippen LogP contribution is -2.44. The Morgan fingerprint density at radius 3 is 2.70 bits per heavy atom. The van der Waals surface area contributed by atoms with Crippen LogP contribution < -0.4 is 5.73 Å². The van der Waals surface area contributed by atoms with Crippen LogP contribution in [0.3, 0.4) is 0 Å². The van der Waals surface area contributed by atoms with Crippen LogP contribution in [0.5, 0.6) is 0 Å². The van der Waals surface area contributed by atoms with Crippen molar-refractivity contribution in [1.29, 1.82) is 0 Å². The van der Waals surface area contributed by atoms with E-state index in [9.17, 15) is 8.42 Å². The highest BCUT2D eigenvalue weighted by molar-refractivity contribution is 7.89. The minimum absolute atomic E-state index is 0.0435. The summed E-state index contributed by atoms with van der Waals surface area (Å²) in [5, 5.41) is 0. The van der Waals surface area contributed by atoms with E-state index in [-0.39, 0.29) is 17.5 Å². The molecule has 0 atom stereocenters. The second-order valence-corrected chi connectivity index (χ2v) is 7.17. The van der Waals surface area contributed by atoms with Crippen molar-refractivity contribution >= 4 is 10.0 Å². The van der Waals surface area contributed by atoms with Crippen molar-refractivity contribution < 1.29 is 8.42 Å². The van der Waals surface area contributed by atoms with Gasteiger partial charge >= 0.3 is 0 Å². The van der Waals surface area contributed by atoms with Crippen LogP contribution in [0.1, 0.15) is 18.5 Å². The van der Waals surface area contributed by atoms with Gasteiger partial charge in [-0.3, -0.25) is 4.98 Å². The summed E-state index contributed by atoms with van der Waals surface area (Å²) in [6.45, 7) is 1.96. The molecule has 2 N–H and O–H groups in total. The Morgan fingerprint density at radius 1 is 1.45 bits per heavy atom. The number of sulfonamides is 1. The van der Waals surface area contributed by atoms with Gasteiger partial charge in [0, 0.05) is 25.8 Å². The molecule has 1 saturated heterocycles. The van der Waals surface area contributed by atoms with Crippen molar-refractivity contribution in [1.82, 2.24) is 14.2 Å². The van der Waals surface area contributed by atoms with Crippen molar-refractivity contribution in [3.8, 4) is 0 Å². The number of hydrogen-bond acceptors (Lipinski definition) is 5. The number of nitrogens with zero attached hydrogens (tertiary/aromatic N) is 3. The normalized spacial score (nSPS) is 18.6. The summed E-state index contributed by atoms with van der Waals surface area (Å²) in [6, 6.07) is 3.26. The van der Waals surface area contributed by atoms with Crippen molar-refractivity contribution in [2.45, 2.75) is 30.3 Å². The molecule has 20 heavy (non-hydrogen) atoms. The fraction of sp³-hybridized carbons (Fsp3) is 0.615. The summed E-state index contributed by atoms with van der Waals surface area (Å²) in [5.41, 5.74) is 6.02. The number of likely N-dealkylation sites (tertiary alicyclic amines) is 1. The Morgan fingerprint density at radius 2 is 2.10 bits per heavy atom. The zero-order chi connectivity index (χ0) is 14.8. The third-order valence-corrected chi connectivity index (χ3v) is 5.89. The predicted molar refractivity (Wildman–Crippen MR) is 77.6 cm³/mol. The van der Waals surface area contributed by atoms with Crippen LogP contribution in [0.15, 0.2) is 23.2 Å². The van der Waals surface area contributed by atoms with E-state index in [0.717, 1.165) is 25.9 Å². The fourth-order valence-corrected chi connectivity index (χ4v) is 4.12. The van der Waals surface area contributed by atoms with Gasteiger partial charge in [-0.05, 0) is 45.1 Å². The quantitative estimate of drug-likeness (QED) is 0.862. The first kappa shape index (κ1) is 15.4. The Hall–Kier alpha value is -1.02. The molecule has 0 spiro atoms. The molecule has 1 fully saturated rings. The van der Waals surface area contributed by atoms with Crippen LogP contribution in [0, 0.1) is 0 Å². The minimum atomic E-state index is -3.53. The van der Waals surface area contributed by atoms with Crippen LogP contribution in [-0.4, -0.2) is 55.8 Å². The molecule has 0 radical (unpaired) electrons. The second kappa shape index (κ2) is 6.17. The zero-order valence-corrected chi connectivity index (χ0v) is 12.8. The van der Waals surface area contributed by atoms with E-state index in [1.165, 1.54) is 4.31 Å². The smallest absolute Gasteiger partial charge is 0.244 e. The molecule has 1 aromatic rings. The monoisotopic (exact) mass is 298 g/mol. The van der Waals surface area contributed by atoms with E-state index >= 15 is 0 Å². The van der Waals surface area contributed by atoms with E-state index in [4.69, 9.17) is 5.73 Å². The molecule has 0 amide bonds. The lowest BCUT2D eigenvalue weighted by Gasteiger charge is -2.34. The summed E-state index contributed by atoms with van der Waals surface area (Å²) in [6.07, 6.45) is 3.27. The number of pyridine rings is 1. The average molecular weight is 298 g/mol. The fourth-order valence-electron chi connectivity index (χ4n) is 2.52. The minimum Gasteiger partial charge on any atom is -0.325 e. The molecular formula is C13H22N4O2S. The van der Waals surface area contributed by atoms with E-state index < -0.39 is 10.0 Å². The molecule has 1 aliphatic heterocycles. The topological polar surface area (TPSA) is 79.5 Å². The third kappa shape index (κ3) is 3.01. The maximum Gasteiger partial charge on any atom is 0.244 e. The van der Waals surface area contributed by atoms with Gasteiger partial charge in [-0.1, -0.05) is 0 Å². The molecular weight excluding hydrogens is 276 g/mol. The summed E-state index contributed by atoms with van der Waals surface area (Å²) in [5.74, 6) is 0. The van der Waals surface area contributed by atoms with Crippen molar-refractivity contribution in [3.63, 3.8) is 0 Å². The predicted octanol–water partition coefficient (Wildman–Crippen LogP) is 0.255. The Kier molecular flexibility index (Phi) is 4.74. The van der Waals surface area contributed by atoms with Gasteiger partial charge in [0.2, 0.25) is 10.0 Å². The Bertz CT molecular complexity index is 553. The number of rotatable bonds is 4. The molecule has 112 valence electrons. The molecule has 7 heteroatoms. The summed E-state index contributed by atoms with van der Waals surface area (Å²) in [4.78, 5) is 6.50. The van der Waals surface area contributed by atoms with Crippen LogP contribution >= 0.6 is 0 Å². The van der Waals surface area contributed by atoms with Crippen molar-refractivity contribution in [2.75, 3.05) is 27.2 Å². The Balaban J connectivity index is 2.25. The number of aromatic nitrogens is 1.